The average molecular weight is 268 g/mol. The molecule has 3 nitrogen and oxygen atoms in total. The van der Waals surface area contributed by atoms with Crippen LogP contribution in [0.15, 0.2) is 18.2 Å². The molecular weight excluding hydrogens is 250 g/mol. The lowest BCUT2D eigenvalue weighted by molar-refractivity contribution is 0.0938. The average Bonchev–Trinajstić information content (AvgIpc) is 2.41. The predicted molar refractivity (Wildman–Crippen MR) is 68.6 cm³/mol. The molecule has 1 fully saturated rings. The number of amides is 1. The van der Waals surface area contributed by atoms with Crippen molar-refractivity contribution in [3.05, 3.63) is 35.4 Å². The van der Waals surface area contributed by atoms with E-state index in [-0.39, 0.29) is 11.6 Å². The van der Waals surface area contributed by atoms with Gasteiger partial charge in [0.05, 0.1) is 5.56 Å². The van der Waals surface area contributed by atoms with E-state index in [0.717, 1.165) is 31.7 Å². The van der Waals surface area contributed by atoms with Gasteiger partial charge in [0.15, 0.2) is 11.6 Å². The van der Waals surface area contributed by atoms with E-state index in [1.807, 2.05) is 0 Å². The largest absolute Gasteiger partial charge is 0.352 e. The first-order chi connectivity index (χ1) is 9.08. The zero-order chi connectivity index (χ0) is 13.8. The maximum absolute atomic E-state index is 13.4. The molecule has 1 aliphatic rings. The molecule has 1 aliphatic carbocycles. The van der Waals surface area contributed by atoms with Crippen LogP contribution in [0.5, 0.6) is 0 Å². The van der Waals surface area contributed by atoms with Gasteiger partial charge >= 0.3 is 0 Å². The molecule has 0 aliphatic heterocycles. The van der Waals surface area contributed by atoms with Crippen molar-refractivity contribution in [1.82, 2.24) is 5.32 Å². The number of halogens is 2. The van der Waals surface area contributed by atoms with Gasteiger partial charge in [-0.15, -0.1) is 0 Å². The molecule has 1 aromatic carbocycles. The SMILES string of the molecule is NC1CCC(CNC(=O)c2cccc(F)c2F)CC1. The van der Waals surface area contributed by atoms with Gasteiger partial charge in [0.2, 0.25) is 0 Å². The minimum Gasteiger partial charge on any atom is -0.352 e. The fraction of sp³-hybridized carbons (Fsp3) is 0.500. The van der Waals surface area contributed by atoms with E-state index in [1.54, 1.807) is 0 Å². The van der Waals surface area contributed by atoms with Gasteiger partial charge in [0.25, 0.3) is 5.91 Å². The Morgan fingerprint density at radius 3 is 2.63 bits per heavy atom. The number of nitrogens with two attached hydrogens (primary N) is 1. The number of carbonyl (C=O) groups excluding carboxylic acids is 1. The zero-order valence-corrected chi connectivity index (χ0v) is 10.7. The summed E-state index contributed by atoms with van der Waals surface area (Å²) in [6, 6.07) is 3.86. The van der Waals surface area contributed by atoms with Crippen molar-refractivity contribution in [2.45, 2.75) is 31.7 Å². The minimum atomic E-state index is -1.09. The second-order valence-corrected chi connectivity index (χ2v) is 5.09. The third kappa shape index (κ3) is 3.50. The van der Waals surface area contributed by atoms with Gasteiger partial charge in [-0.1, -0.05) is 6.07 Å². The van der Waals surface area contributed by atoms with Crippen LogP contribution in [0.25, 0.3) is 0 Å². The van der Waals surface area contributed by atoms with Gasteiger partial charge < -0.3 is 11.1 Å². The quantitative estimate of drug-likeness (QED) is 0.883. The first-order valence-electron chi connectivity index (χ1n) is 6.55. The second kappa shape index (κ2) is 6.10. The van der Waals surface area contributed by atoms with Crippen molar-refractivity contribution in [3.8, 4) is 0 Å². The molecular formula is C14H18F2N2O. The first kappa shape index (κ1) is 13.9. The lowest BCUT2D eigenvalue weighted by Crippen LogP contribution is -2.34. The van der Waals surface area contributed by atoms with Crippen molar-refractivity contribution < 1.29 is 13.6 Å². The molecule has 0 heterocycles. The topological polar surface area (TPSA) is 55.1 Å². The van der Waals surface area contributed by atoms with Crippen LogP contribution >= 0.6 is 0 Å². The van der Waals surface area contributed by atoms with E-state index < -0.39 is 17.5 Å². The van der Waals surface area contributed by atoms with E-state index in [1.165, 1.54) is 12.1 Å². The van der Waals surface area contributed by atoms with Crippen LogP contribution in [0.2, 0.25) is 0 Å². The Bertz CT molecular complexity index is 457. The van der Waals surface area contributed by atoms with E-state index in [0.29, 0.717) is 12.5 Å². The maximum Gasteiger partial charge on any atom is 0.254 e. The number of nitrogens with one attached hydrogen (secondary N) is 1. The molecule has 0 aromatic heterocycles. The molecule has 2 rings (SSSR count). The molecule has 5 heteroatoms. The summed E-state index contributed by atoms with van der Waals surface area (Å²) in [6.45, 7) is 0.488. The van der Waals surface area contributed by atoms with Crippen LogP contribution in [0.3, 0.4) is 0 Å². The highest BCUT2D eigenvalue weighted by molar-refractivity contribution is 5.94. The van der Waals surface area contributed by atoms with Crippen molar-refractivity contribution in [2.75, 3.05) is 6.54 Å². The maximum atomic E-state index is 13.4. The first-order valence-corrected chi connectivity index (χ1v) is 6.55. The highest BCUT2D eigenvalue weighted by atomic mass is 19.2. The molecule has 0 atom stereocenters. The van der Waals surface area contributed by atoms with Crippen LogP contribution in [0.4, 0.5) is 8.78 Å². The number of hydrogen-bond donors (Lipinski definition) is 2. The summed E-state index contributed by atoms with van der Waals surface area (Å²) in [5.41, 5.74) is 5.56. The number of hydrogen-bond acceptors (Lipinski definition) is 2. The van der Waals surface area contributed by atoms with Gasteiger partial charge in [-0.2, -0.15) is 0 Å². The van der Waals surface area contributed by atoms with E-state index in [9.17, 15) is 13.6 Å². The minimum absolute atomic E-state index is 0.243. The fourth-order valence-electron chi connectivity index (χ4n) is 2.40. The highest BCUT2D eigenvalue weighted by Gasteiger charge is 2.20. The standard InChI is InChI=1S/C14H18F2N2O/c15-12-3-1-2-11(13(12)16)14(19)18-8-9-4-6-10(17)7-5-9/h1-3,9-10H,4-8,17H2,(H,18,19). The van der Waals surface area contributed by atoms with Crippen molar-refractivity contribution in [2.24, 2.45) is 11.7 Å². The Kier molecular flexibility index (Phi) is 4.47. The molecule has 1 amide bonds. The zero-order valence-electron chi connectivity index (χ0n) is 10.7. The van der Waals surface area contributed by atoms with Gasteiger partial charge in [-0.05, 0) is 43.7 Å². The lowest BCUT2D eigenvalue weighted by atomic mass is 9.86. The Morgan fingerprint density at radius 1 is 1.26 bits per heavy atom. The van der Waals surface area contributed by atoms with Crippen molar-refractivity contribution in [3.63, 3.8) is 0 Å². The Hall–Kier alpha value is -1.49. The summed E-state index contributed by atoms with van der Waals surface area (Å²) in [5, 5.41) is 2.67. The summed E-state index contributed by atoms with van der Waals surface area (Å²) in [7, 11) is 0. The van der Waals surface area contributed by atoms with Gasteiger partial charge in [0, 0.05) is 12.6 Å². The Balaban J connectivity index is 1.89. The molecule has 19 heavy (non-hydrogen) atoms. The molecule has 0 radical (unpaired) electrons. The van der Waals surface area contributed by atoms with Crippen LogP contribution in [-0.4, -0.2) is 18.5 Å². The highest BCUT2D eigenvalue weighted by Crippen LogP contribution is 2.22. The summed E-state index contributed by atoms with van der Waals surface area (Å²) in [4.78, 5) is 11.8. The summed E-state index contributed by atoms with van der Waals surface area (Å²) >= 11 is 0. The molecule has 0 unspecified atom stereocenters. The molecule has 0 spiro atoms. The van der Waals surface area contributed by atoms with Crippen LogP contribution in [0, 0.1) is 17.6 Å². The molecule has 1 saturated carbocycles. The van der Waals surface area contributed by atoms with Gasteiger partial charge in [-0.3, -0.25) is 4.79 Å². The van der Waals surface area contributed by atoms with Crippen LogP contribution in [0.1, 0.15) is 36.0 Å². The second-order valence-electron chi connectivity index (χ2n) is 5.09. The summed E-state index contributed by atoms with van der Waals surface area (Å²) in [6.07, 6.45) is 3.84. The van der Waals surface area contributed by atoms with Crippen LogP contribution in [-0.2, 0) is 0 Å². The van der Waals surface area contributed by atoms with Crippen molar-refractivity contribution in [1.29, 1.82) is 0 Å². The van der Waals surface area contributed by atoms with E-state index in [4.69, 9.17) is 5.73 Å². The lowest BCUT2D eigenvalue weighted by Gasteiger charge is -2.26. The van der Waals surface area contributed by atoms with Gasteiger partial charge in [0.1, 0.15) is 0 Å². The molecule has 104 valence electrons. The fourth-order valence-corrected chi connectivity index (χ4v) is 2.40. The monoisotopic (exact) mass is 268 g/mol. The number of rotatable bonds is 3. The van der Waals surface area contributed by atoms with E-state index in [2.05, 4.69) is 5.32 Å². The Morgan fingerprint density at radius 2 is 1.95 bits per heavy atom. The Labute approximate surface area is 111 Å². The predicted octanol–water partition coefficient (Wildman–Crippen LogP) is 2.21. The molecule has 0 bridgehead atoms. The van der Waals surface area contributed by atoms with E-state index >= 15 is 0 Å². The molecule has 3 N–H and O–H groups in total. The smallest absolute Gasteiger partial charge is 0.254 e. The molecule has 1 aromatic rings. The van der Waals surface area contributed by atoms with Gasteiger partial charge in [-0.25, -0.2) is 8.78 Å². The summed E-state index contributed by atoms with van der Waals surface area (Å²) < 4.78 is 26.4. The normalized spacial score (nSPS) is 23.1. The molecule has 0 saturated heterocycles. The third-order valence-electron chi connectivity index (χ3n) is 3.64. The third-order valence-corrected chi connectivity index (χ3v) is 3.64. The number of carbonyl (C=O) groups is 1. The number of benzene rings is 1. The van der Waals surface area contributed by atoms with Crippen LogP contribution < -0.4 is 11.1 Å². The van der Waals surface area contributed by atoms with Crippen molar-refractivity contribution >= 4 is 5.91 Å². The summed E-state index contributed by atoms with van der Waals surface area (Å²) in [5.74, 6) is -2.28.